The molecule has 1 amide bonds. The molecule has 0 aromatic carbocycles. The van der Waals surface area contributed by atoms with E-state index in [0.29, 0.717) is 11.9 Å². The number of rotatable bonds is 8. The van der Waals surface area contributed by atoms with Gasteiger partial charge in [0.2, 0.25) is 5.91 Å². The molecule has 0 N–H and O–H groups in total. The van der Waals surface area contributed by atoms with Crippen molar-refractivity contribution in [1.29, 1.82) is 0 Å². The van der Waals surface area contributed by atoms with Crippen LogP contribution < -0.4 is 0 Å². The second kappa shape index (κ2) is 7.35. The SMILES string of the molecule is C=CC[C@@]1(CC)CCN(N2CCC[C@H]2C(CC)(CC)OC)C1=O. The van der Waals surface area contributed by atoms with E-state index in [1.807, 2.05) is 18.2 Å². The summed E-state index contributed by atoms with van der Waals surface area (Å²) in [7, 11) is 1.82. The third kappa shape index (κ3) is 2.96. The van der Waals surface area contributed by atoms with E-state index in [0.717, 1.165) is 58.0 Å². The van der Waals surface area contributed by atoms with Gasteiger partial charge in [-0.25, -0.2) is 5.01 Å². The van der Waals surface area contributed by atoms with Crippen LogP contribution in [0.3, 0.4) is 0 Å². The fourth-order valence-electron chi connectivity index (χ4n) is 4.71. The molecule has 2 aliphatic heterocycles. The van der Waals surface area contributed by atoms with Gasteiger partial charge in [0.05, 0.1) is 17.1 Å². The fourth-order valence-corrected chi connectivity index (χ4v) is 4.71. The summed E-state index contributed by atoms with van der Waals surface area (Å²) in [5, 5.41) is 4.38. The van der Waals surface area contributed by atoms with Crippen molar-refractivity contribution >= 4 is 5.91 Å². The smallest absolute Gasteiger partial charge is 0.243 e. The standard InChI is InChI=1S/C19H34N2O2/c1-6-12-18(7-2)13-15-21(17(18)22)20-14-10-11-16(20)19(8-3,9-4)23-5/h6,16H,1,7-15H2,2-5H3/t16-,18-/m0/s1. The van der Waals surface area contributed by atoms with Crippen LogP contribution in [0.15, 0.2) is 12.7 Å². The predicted molar refractivity (Wildman–Crippen MR) is 93.9 cm³/mol. The highest BCUT2D eigenvalue weighted by Crippen LogP contribution is 2.43. The lowest BCUT2D eigenvalue weighted by atomic mass is 9.80. The van der Waals surface area contributed by atoms with Crippen molar-refractivity contribution in [2.75, 3.05) is 20.2 Å². The molecule has 0 saturated carbocycles. The van der Waals surface area contributed by atoms with Crippen LogP contribution in [0.4, 0.5) is 0 Å². The van der Waals surface area contributed by atoms with E-state index in [1.54, 1.807) is 0 Å². The molecule has 0 radical (unpaired) electrons. The van der Waals surface area contributed by atoms with Crippen LogP contribution in [0.2, 0.25) is 0 Å². The number of hydrogen-bond acceptors (Lipinski definition) is 3. The lowest BCUT2D eigenvalue weighted by molar-refractivity contribution is -0.166. The number of allylic oxidation sites excluding steroid dienone is 1. The molecular weight excluding hydrogens is 288 g/mol. The van der Waals surface area contributed by atoms with Gasteiger partial charge in [-0.3, -0.25) is 9.80 Å². The zero-order valence-electron chi connectivity index (χ0n) is 15.4. The van der Waals surface area contributed by atoms with Gasteiger partial charge in [0.1, 0.15) is 0 Å². The molecule has 0 aliphatic carbocycles. The Bertz CT molecular complexity index is 425. The molecule has 23 heavy (non-hydrogen) atoms. The van der Waals surface area contributed by atoms with Crippen LogP contribution in [0.25, 0.3) is 0 Å². The van der Waals surface area contributed by atoms with Crippen molar-refractivity contribution < 1.29 is 9.53 Å². The van der Waals surface area contributed by atoms with Crippen LogP contribution in [0.5, 0.6) is 0 Å². The van der Waals surface area contributed by atoms with E-state index in [9.17, 15) is 4.79 Å². The molecule has 2 atom stereocenters. The van der Waals surface area contributed by atoms with E-state index >= 15 is 0 Å². The lowest BCUT2D eigenvalue weighted by Gasteiger charge is -2.44. The van der Waals surface area contributed by atoms with E-state index < -0.39 is 0 Å². The van der Waals surface area contributed by atoms with Gasteiger partial charge in [-0.2, -0.15) is 0 Å². The van der Waals surface area contributed by atoms with E-state index in [4.69, 9.17) is 4.74 Å². The second-order valence-electron chi connectivity index (χ2n) is 7.10. The highest BCUT2D eigenvalue weighted by molar-refractivity contribution is 5.84. The summed E-state index contributed by atoms with van der Waals surface area (Å²) in [6.45, 7) is 12.2. The maximum absolute atomic E-state index is 13.2. The Balaban J connectivity index is 2.24. The van der Waals surface area contributed by atoms with Gasteiger partial charge in [0.15, 0.2) is 0 Å². The topological polar surface area (TPSA) is 32.8 Å². The van der Waals surface area contributed by atoms with Gasteiger partial charge < -0.3 is 4.74 Å². The molecular formula is C19H34N2O2. The zero-order valence-corrected chi connectivity index (χ0v) is 15.4. The Morgan fingerprint density at radius 2 is 2.04 bits per heavy atom. The van der Waals surface area contributed by atoms with Gasteiger partial charge in [-0.15, -0.1) is 6.58 Å². The average Bonchev–Trinajstić information content (AvgIpc) is 3.17. The maximum Gasteiger partial charge on any atom is 0.243 e. The van der Waals surface area contributed by atoms with Crippen molar-refractivity contribution in [2.24, 2.45) is 5.41 Å². The van der Waals surface area contributed by atoms with Gasteiger partial charge >= 0.3 is 0 Å². The average molecular weight is 322 g/mol. The zero-order chi connectivity index (χ0) is 17.1. The summed E-state index contributed by atoms with van der Waals surface area (Å²) in [4.78, 5) is 13.2. The highest BCUT2D eigenvalue weighted by Gasteiger charge is 2.51. The molecule has 4 nitrogen and oxygen atoms in total. The number of amides is 1. The molecule has 2 fully saturated rings. The Hall–Kier alpha value is -0.870. The molecule has 0 aromatic rings. The first-order valence-electron chi connectivity index (χ1n) is 9.28. The lowest BCUT2D eigenvalue weighted by Crippen LogP contribution is -2.57. The van der Waals surface area contributed by atoms with Crippen molar-refractivity contribution in [3.05, 3.63) is 12.7 Å². The first kappa shape index (κ1) is 18.5. The fraction of sp³-hybridized carbons (Fsp3) is 0.842. The van der Waals surface area contributed by atoms with Crippen LogP contribution in [-0.2, 0) is 9.53 Å². The Kier molecular flexibility index (Phi) is 5.90. The van der Waals surface area contributed by atoms with E-state index in [2.05, 4.69) is 32.4 Å². The molecule has 2 saturated heterocycles. The maximum atomic E-state index is 13.2. The highest BCUT2D eigenvalue weighted by atomic mass is 16.5. The van der Waals surface area contributed by atoms with Crippen molar-refractivity contribution in [2.45, 2.75) is 77.4 Å². The Labute approximate surface area is 141 Å². The van der Waals surface area contributed by atoms with Gasteiger partial charge in [-0.05, 0) is 44.9 Å². The van der Waals surface area contributed by atoms with Crippen LogP contribution in [-0.4, -0.2) is 47.8 Å². The molecule has 0 aromatic heterocycles. The molecule has 0 bridgehead atoms. The second-order valence-corrected chi connectivity index (χ2v) is 7.10. The molecule has 132 valence electrons. The first-order valence-corrected chi connectivity index (χ1v) is 9.28. The first-order chi connectivity index (χ1) is 11.0. The molecule has 2 rings (SSSR count). The van der Waals surface area contributed by atoms with Gasteiger partial charge in [0, 0.05) is 20.2 Å². The molecule has 0 spiro atoms. The van der Waals surface area contributed by atoms with Crippen molar-refractivity contribution in [1.82, 2.24) is 10.0 Å². The number of hydrazine groups is 1. The molecule has 4 heteroatoms. The number of nitrogens with zero attached hydrogens (tertiary/aromatic N) is 2. The van der Waals surface area contributed by atoms with Crippen LogP contribution in [0.1, 0.15) is 65.7 Å². The number of carbonyl (C=O) groups excluding carboxylic acids is 1. The normalized spacial score (nSPS) is 29.5. The van der Waals surface area contributed by atoms with Crippen LogP contribution in [0, 0.1) is 5.41 Å². The number of ether oxygens (including phenoxy) is 1. The summed E-state index contributed by atoms with van der Waals surface area (Å²) in [5.41, 5.74) is -0.379. The number of carbonyl (C=O) groups is 1. The summed E-state index contributed by atoms with van der Waals surface area (Å²) >= 11 is 0. The van der Waals surface area contributed by atoms with E-state index in [1.165, 1.54) is 0 Å². The molecule has 2 heterocycles. The minimum absolute atomic E-state index is 0.146. The van der Waals surface area contributed by atoms with Crippen molar-refractivity contribution in [3.8, 4) is 0 Å². The van der Waals surface area contributed by atoms with Crippen LogP contribution >= 0.6 is 0 Å². The largest absolute Gasteiger partial charge is 0.377 e. The van der Waals surface area contributed by atoms with Crippen molar-refractivity contribution in [3.63, 3.8) is 0 Å². The quantitative estimate of drug-likeness (QED) is 0.638. The molecule has 2 aliphatic rings. The molecule has 0 unspecified atom stereocenters. The number of hydrogen-bond donors (Lipinski definition) is 0. The minimum Gasteiger partial charge on any atom is -0.377 e. The van der Waals surface area contributed by atoms with Gasteiger partial charge in [0.25, 0.3) is 0 Å². The van der Waals surface area contributed by atoms with E-state index in [-0.39, 0.29) is 11.0 Å². The number of methoxy groups -OCH3 is 1. The summed E-state index contributed by atoms with van der Waals surface area (Å²) < 4.78 is 5.98. The monoisotopic (exact) mass is 322 g/mol. The summed E-state index contributed by atoms with van der Waals surface area (Å²) in [5.74, 6) is 0.295. The summed E-state index contributed by atoms with van der Waals surface area (Å²) in [6, 6.07) is 0.308. The summed E-state index contributed by atoms with van der Waals surface area (Å²) in [6.07, 6.45) is 8.74. The van der Waals surface area contributed by atoms with Gasteiger partial charge in [-0.1, -0.05) is 26.8 Å². The Morgan fingerprint density at radius 1 is 1.35 bits per heavy atom. The third-order valence-electron chi connectivity index (χ3n) is 6.45. The predicted octanol–water partition coefficient (Wildman–Crippen LogP) is 3.78. The Morgan fingerprint density at radius 3 is 2.57 bits per heavy atom. The minimum atomic E-state index is -0.233. The third-order valence-corrected chi connectivity index (χ3v) is 6.45.